The van der Waals surface area contributed by atoms with E-state index in [9.17, 15) is 9.59 Å². The number of nitrogens with zero attached hydrogens (tertiary/aromatic N) is 6. The fraction of sp³-hybridized carbons (Fsp3) is 0.300. The van der Waals surface area contributed by atoms with E-state index >= 15 is 0 Å². The number of hydrogen-bond acceptors (Lipinski definition) is 5. The number of para-hydroxylation sites is 1. The first kappa shape index (κ1) is 20.9. The van der Waals surface area contributed by atoms with Gasteiger partial charge in [0.15, 0.2) is 5.78 Å². The van der Waals surface area contributed by atoms with E-state index in [1.165, 1.54) is 11.7 Å². The van der Waals surface area contributed by atoms with Crippen molar-refractivity contribution in [2.75, 3.05) is 13.1 Å². The Morgan fingerprint density at radius 2 is 1.93 bits per heavy atom. The summed E-state index contributed by atoms with van der Waals surface area (Å²) in [5.74, 6) is 0.126. The quantitative estimate of drug-likeness (QED) is 0.400. The van der Waals surface area contributed by atoms with Gasteiger partial charge in [0.1, 0.15) is 11.5 Å². The number of Topliss-reactive ketones (excluding diaryl/α,β-unsaturated/α-hetero) is 1. The highest BCUT2D eigenvalue weighted by Crippen LogP contribution is 2.15. The van der Waals surface area contributed by atoms with Crippen LogP contribution in [0.5, 0.6) is 0 Å². The smallest absolute Gasteiger partial charge is 0.256 e. The second-order valence-corrected chi connectivity index (χ2v) is 5.89. The molecule has 146 valence electrons. The standard InChI is InChI=1S/C20H24N6O2/c1-5-17(15(3)27)24-19(21-4)11-14-25(6-2)20(28)16-9-7-8-10-18(16)26-22-12-13-23-26/h5,7-10,12-13H,4,6,11,14H2,1-3H3/b17-5-,24-19-. The first-order valence-electron chi connectivity index (χ1n) is 8.98. The van der Waals surface area contributed by atoms with Crippen LogP contribution in [0.4, 0.5) is 0 Å². The molecule has 0 bridgehead atoms. The molecule has 0 fully saturated rings. The fourth-order valence-electron chi connectivity index (χ4n) is 2.63. The third-order valence-corrected chi connectivity index (χ3v) is 4.11. The molecule has 8 heteroatoms. The van der Waals surface area contributed by atoms with Gasteiger partial charge in [-0.1, -0.05) is 18.2 Å². The summed E-state index contributed by atoms with van der Waals surface area (Å²) in [7, 11) is 0. The summed E-state index contributed by atoms with van der Waals surface area (Å²) in [6.07, 6.45) is 5.13. The van der Waals surface area contributed by atoms with Crippen molar-refractivity contribution >= 4 is 24.2 Å². The molecule has 0 aliphatic heterocycles. The number of aromatic nitrogens is 3. The highest BCUT2D eigenvalue weighted by Gasteiger charge is 2.19. The summed E-state index contributed by atoms with van der Waals surface area (Å²) in [4.78, 5) is 35.9. The second kappa shape index (κ2) is 10.1. The normalized spacial score (nSPS) is 12.0. The maximum atomic E-state index is 13.1. The molecule has 1 aromatic heterocycles. The summed E-state index contributed by atoms with van der Waals surface area (Å²) in [5, 5.41) is 8.23. The Morgan fingerprint density at radius 1 is 1.25 bits per heavy atom. The zero-order chi connectivity index (χ0) is 20.5. The van der Waals surface area contributed by atoms with Crippen LogP contribution in [0.1, 0.15) is 37.6 Å². The summed E-state index contributed by atoms with van der Waals surface area (Å²) in [6, 6.07) is 7.18. The lowest BCUT2D eigenvalue weighted by atomic mass is 10.1. The predicted octanol–water partition coefficient (Wildman–Crippen LogP) is 2.71. The highest BCUT2D eigenvalue weighted by atomic mass is 16.2. The van der Waals surface area contributed by atoms with Gasteiger partial charge < -0.3 is 4.90 Å². The summed E-state index contributed by atoms with van der Waals surface area (Å²) in [6.45, 7) is 9.50. The number of benzene rings is 1. The van der Waals surface area contributed by atoms with E-state index in [0.29, 0.717) is 42.3 Å². The Balaban J connectivity index is 2.20. The largest absolute Gasteiger partial charge is 0.338 e. The van der Waals surface area contributed by atoms with Crippen LogP contribution in [0.25, 0.3) is 5.69 Å². The topological polar surface area (TPSA) is 92.8 Å². The molecule has 1 aromatic carbocycles. The molecule has 28 heavy (non-hydrogen) atoms. The summed E-state index contributed by atoms with van der Waals surface area (Å²) in [5.41, 5.74) is 1.44. The fourth-order valence-corrected chi connectivity index (χ4v) is 2.63. The number of amides is 1. The van der Waals surface area contributed by atoms with E-state index < -0.39 is 0 Å². The van der Waals surface area contributed by atoms with Crippen molar-refractivity contribution in [2.24, 2.45) is 9.98 Å². The summed E-state index contributed by atoms with van der Waals surface area (Å²) >= 11 is 0. The molecule has 0 saturated carbocycles. The Morgan fingerprint density at radius 3 is 2.50 bits per heavy atom. The number of aliphatic imine (C=N–C) groups is 2. The monoisotopic (exact) mass is 380 g/mol. The van der Waals surface area contributed by atoms with E-state index in [2.05, 4.69) is 26.9 Å². The van der Waals surface area contributed by atoms with Crippen LogP contribution in [0.2, 0.25) is 0 Å². The lowest BCUT2D eigenvalue weighted by Gasteiger charge is -2.22. The number of amidine groups is 1. The van der Waals surface area contributed by atoms with Crippen molar-refractivity contribution in [3.8, 4) is 5.69 Å². The number of hydrogen-bond donors (Lipinski definition) is 0. The van der Waals surface area contributed by atoms with E-state index in [1.807, 2.05) is 13.0 Å². The average Bonchev–Trinajstić information content (AvgIpc) is 3.25. The zero-order valence-corrected chi connectivity index (χ0v) is 16.4. The van der Waals surface area contributed by atoms with E-state index in [-0.39, 0.29) is 11.7 Å². The number of ketones is 1. The molecule has 1 amide bonds. The SMILES string of the molecule is C=N/C(CCN(CC)C(=O)c1ccccc1-n1nccn1)=N\C(=C/C)C(C)=O. The maximum Gasteiger partial charge on any atom is 0.256 e. The Hall–Kier alpha value is -3.42. The average molecular weight is 380 g/mol. The van der Waals surface area contributed by atoms with E-state index in [0.717, 1.165) is 0 Å². The third-order valence-electron chi connectivity index (χ3n) is 4.11. The summed E-state index contributed by atoms with van der Waals surface area (Å²) < 4.78 is 0. The van der Waals surface area contributed by atoms with E-state index in [4.69, 9.17) is 0 Å². The first-order chi connectivity index (χ1) is 13.5. The van der Waals surface area contributed by atoms with Crippen molar-refractivity contribution in [2.45, 2.75) is 27.2 Å². The Bertz CT molecular complexity index is 899. The number of carbonyl (C=O) groups is 2. The van der Waals surface area contributed by atoms with Gasteiger partial charge in [-0.05, 0) is 32.7 Å². The number of carbonyl (C=O) groups excluding carboxylic acids is 2. The molecule has 0 aliphatic carbocycles. The molecule has 2 rings (SSSR count). The molecule has 0 spiro atoms. The number of allylic oxidation sites excluding steroid dienone is 2. The van der Waals surface area contributed by atoms with Crippen LogP contribution in [-0.4, -0.2) is 57.2 Å². The van der Waals surface area contributed by atoms with Crippen LogP contribution in [0.15, 0.2) is 58.4 Å². The van der Waals surface area contributed by atoms with Crippen molar-refractivity contribution in [1.82, 2.24) is 19.9 Å². The highest BCUT2D eigenvalue weighted by molar-refractivity contribution is 5.99. The van der Waals surface area contributed by atoms with Crippen LogP contribution in [-0.2, 0) is 4.79 Å². The molecular weight excluding hydrogens is 356 g/mol. The zero-order valence-electron chi connectivity index (χ0n) is 16.4. The van der Waals surface area contributed by atoms with Crippen LogP contribution in [0.3, 0.4) is 0 Å². The molecule has 0 radical (unpaired) electrons. The second-order valence-electron chi connectivity index (χ2n) is 5.89. The van der Waals surface area contributed by atoms with Crippen molar-refractivity contribution < 1.29 is 9.59 Å². The van der Waals surface area contributed by atoms with Gasteiger partial charge in [0.25, 0.3) is 5.91 Å². The third kappa shape index (κ3) is 5.06. The molecule has 0 saturated heterocycles. The van der Waals surface area contributed by atoms with Gasteiger partial charge in [-0.15, -0.1) is 0 Å². The molecule has 0 aliphatic rings. The van der Waals surface area contributed by atoms with Crippen molar-refractivity contribution in [3.05, 3.63) is 54.0 Å². The molecule has 8 nitrogen and oxygen atoms in total. The maximum absolute atomic E-state index is 13.1. The van der Waals surface area contributed by atoms with Gasteiger partial charge in [0.2, 0.25) is 0 Å². The molecule has 0 atom stereocenters. The lowest BCUT2D eigenvalue weighted by Crippen LogP contribution is -2.33. The van der Waals surface area contributed by atoms with Crippen molar-refractivity contribution in [3.63, 3.8) is 0 Å². The van der Waals surface area contributed by atoms with Gasteiger partial charge in [0, 0.05) is 26.4 Å². The van der Waals surface area contributed by atoms with Gasteiger partial charge in [-0.3, -0.25) is 9.59 Å². The van der Waals surface area contributed by atoms with Crippen LogP contribution < -0.4 is 0 Å². The van der Waals surface area contributed by atoms with Gasteiger partial charge in [0.05, 0.1) is 23.6 Å². The van der Waals surface area contributed by atoms with Crippen molar-refractivity contribution in [1.29, 1.82) is 0 Å². The van der Waals surface area contributed by atoms with Gasteiger partial charge in [-0.2, -0.15) is 15.0 Å². The molecule has 1 heterocycles. The first-order valence-corrected chi connectivity index (χ1v) is 8.98. The lowest BCUT2D eigenvalue weighted by molar-refractivity contribution is -0.113. The molecule has 0 unspecified atom stereocenters. The Kier molecular flexibility index (Phi) is 7.50. The molecule has 0 N–H and O–H groups in total. The molecule has 2 aromatic rings. The van der Waals surface area contributed by atoms with Crippen LogP contribution in [0, 0.1) is 0 Å². The molecular formula is C20H24N6O2. The van der Waals surface area contributed by atoms with E-state index in [1.54, 1.807) is 48.5 Å². The minimum Gasteiger partial charge on any atom is -0.338 e. The van der Waals surface area contributed by atoms with Gasteiger partial charge >= 0.3 is 0 Å². The minimum absolute atomic E-state index is 0.142. The minimum atomic E-state index is -0.146. The van der Waals surface area contributed by atoms with Gasteiger partial charge in [-0.25, -0.2) is 9.98 Å². The number of rotatable bonds is 8. The Labute approximate surface area is 164 Å². The predicted molar refractivity (Wildman–Crippen MR) is 109 cm³/mol. The van der Waals surface area contributed by atoms with Crippen LogP contribution >= 0.6 is 0 Å².